The lowest BCUT2D eigenvalue weighted by atomic mass is 9.86. The van der Waals surface area contributed by atoms with E-state index in [9.17, 15) is 4.79 Å². The average Bonchev–Trinajstić information content (AvgIpc) is 2.88. The third-order valence-electron chi connectivity index (χ3n) is 2.84. The van der Waals surface area contributed by atoms with E-state index in [0.717, 1.165) is 11.1 Å². The summed E-state index contributed by atoms with van der Waals surface area (Å²) in [4.78, 5) is 11.3. The molecule has 2 heteroatoms. The smallest absolute Gasteiger partial charge is 0.232 e. The summed E-state index contributed by atoms with van der Waals surface area (Å²) in [6.07, 6.45) is 0. The lowest BCUT2D eigenvalue weighted by Gasteiger charge is -2.18. The topological polar surface area (TPSA) is 26.3 Å². The second kappa shape index (κ2) is 3.48. The third kappa shape index (κ3) is 1.75. The highest BCUT2D eigenvalue weighted by Crippen LogP contribution is 2.33. The van der Waals surface area contributed by atoms with Crippen molar-refractivity contribution >= 4 is 0 Å². The molecule has 2 aromatic carbocycles. The summed E-state index contributed by atoms with van der Waals surface area (Å²) in [5.74, 6) is 0.503. The number of rotatable bonds is 2. The maximum atomic E-state index is 11.3. The van der Waals surface area contributed by atoms with Crippen LogP contribution >= 0.6 is 0 Å². The molecule has 0 saturated carbocycles. The fourth-order valence-electron chi connectivity index (χ4n) is 1.75. The highest BCUT2D eigenvalue weighted by molar-refractivity contribution is 5.80. The predicted molar refractivity (Wildman–Crippen MR) is 65.8 cm³/mol. The van der Waals surface area contributed by atoms with Gasteiger partial charge in [-0.25, -0.2) is 0 Å². The molecule has 0 aliphatic heterocycles. The first-order valence-corrected chi connectivity index (χ1v) is 5.39. The van der Waals surface area contributed by atoms with E-state index >= 15 is 0 Å². The molecule has 84 valence electrons. The van der Waals surface area contributed by atoms with Crippen LogP contribution in [0.1, 0.15) is 26.3 Å². The number of hydrogen-bond acceptors (Lipinski definition) is 2. The standard InChI is InChI=1S/C14H16O2/c1-14(2,3)10-7-5-9(6-8-10)11-12(15)13(11)16-4/h5-8H,1-4H3. The molecule has 0 heterocycles. The Morgan fingerprint density at radius 1 is 1.06 bits per heavy atom. The van der Waals surface area contributed by atoms with Crippen molar-refractivity contribution in [2.45, 2.75) is 26.2 Å². The fraction of sp³-hybridized carbons (Fsp3) is 0.357. The molecule has 2 rings (SSSR count). The normalized spacial score (nSPS) is 12.0. The van der Waals surface area contributed by atoms with Gasteiger partial charge in [0.1, 0.15) is 0 Å². The minimum atomic E-state index is 0.0333. The van der Waals surface area contributed by atoms with E-state index in [1.165, 1.54) is 12.7 Å². The zero-order chi connectivity index (χ0) is 11.9. The van der Waals surface area contributed by atoms with Crippen LogP contribution in [0.25, 0.3) is 11.1 Å². The van der Waals surface area contributed by atoms with E-state index in [2.05, 4.69) is 32.9 Å². The van der Waals surface area contributed by atoms with Crippen molar-refractivity contribution in [1.82, 2.24) is 0 Å². The number of hydrogen-bond donors (Lipinski definition) is 0. The first kappa shape index (κ1) is 10.9. The summed E-state index contributed by atoms with van der Waals surface area (Å²) in [6, 6.07) is 8.11. The Balaban J connectivity index is 2.31. The maximum absolute atomic E-state index is 11.3. The Labute approximate surface area is 95.6 Å². The molecule has 0 spiro atoms. The molecule has 16 heavy (non-hydrogen) atoms. The molecule has 0 amide bonds. The van der Waals surface area contributed by atoms with Crippen LogP contribution in [0.15, 0.2) is 29.1 Å². The Morgan fingerprint density at radius 3 is 2.00 bits per heavy atom. The second-order valence-corrected chi connectivity index (χ2v) is 5.06. The minimum absolute atomic E-state index is 0.0333. The lowest BCUT2D eigenvalue weighted by Crippen LogP contribution is -2.10. The summed E-state index contributed by atoms with van der Waals surface area (Å²) in [6.45, 7) is 6.51. The van der Waals surface area contributed by atoms with Crippen LogP contribution in [0.2, 0.25) is 0 Å². The van der Waals surface area contributed by atoms with Gasteiger partial charge in [-0.05, 0) is 16.5 Å². The molecule has 0 N–H and O–H groups in total. The zero-order valence-electron chi connectivity index (χ0n) is 10.1. The van der Waals surface area contributed by atoms with Gasteiger partial charge in [-0.3, -0.25) is 4.79 Å². The van der Waals surface area contributed by atoms with E-state index in [-0.39, 0.29) is 10.8 Å². The largest absolute Gasteiger partial charge is 0.492 e. The molecule has 0 bridgehead atoms. The van der Waals surface area contributed by atoms with E-state index in [1.807, 2.05) is 12.1 Å². The van der Waals surface area contributed by atoms with E-state index in [1.54, 1.807) is 0 Å². The molecule has 0 aliphatic rings. The first-order valence-electron chi connectivity index (χ1n) is 5.39. The minimum Gasteiger partial charge on any atom is -0.492 e. The number of benzene rings is 1. The predicted octanol–water partition coefficient (Wildman–Crippen LogP) is 2.90. The van der Waals surface area contributed by atoms with Gasteiger partial charge >= 0.3 is 0 Å². The zero-order valence-corrected chi connectivity index (χ0v) is 10.1. The molecule has 2 nitrogen and oxygen atoms in total. The van der Waals surface area contributed by atoms with Gasteiger partial charge in [0.15, 0.2) is 5.75 Å². The molecular formula is C14H16O2. The van der Waals surface area contributed by atoms with Gasteiger partial charge in [0.2, 0.25) is 5.43 Å². The summed E-state index contributed by atoms with van der Waals surface area (Å²) in [5.41, 5.74) is 3.12. The van der Waals surface area contributed by atoms with Gasteiger partial charge < -0.3 is 4.74 Å². The summed E-state index contributed by atoms with van der Waals surface area (Å²) >= 11 is 0. The van der Waals surface area contributed by atoms with E-state index in [4.69, 9.17) is 4.74 Å². The van der Waals surface area contributed by atoms with E-state index < -0.39 is 0 Å². The highest BCUT2D eigenvalue weighted by Gasteiger charge is 2.25. The molecule has 0 aromatic heterocycles. The summed E-state index contributed by atoms with van der Waals surface area (Å²) in [7, 11) is 1.53. The third-order valence-corrected chi connectivity index (χ3v) is 2.84. The van der Waals surface area contributed by atoms with E-state index in [0.29, 0.717) is 5.75 Å². The Kier molecular flexibility index (Phi) is 2.38. The van der Waals surface area contributed by atoms with Gasteiger partial charge in [0, 0.05) is 0 Å². The van der Waals surface area contributed by atoms with Crippen LogP contribution in [0.3, 0.4) is 0 Å². The number of methoxy groups -OCH3 is 1. The Bertz CT molecular complexity index is 506. The van der Waals surface area contributed by atoms with Crippen LogP contribution in [-0.4, -0.2) is 7.11 Å². The average molecular weight is 216 g/mol. The van der Waals surface area contributed by atoms with Crippen LogP contribution < -0.4 is 10.2 Å². The fourth-order valence-corrected chi connectivity index (χ4v) is 1.75. The Morgan fingerprint density at radius 2 is 1.62 bits per heavy atom. The van der Waals surface area contributed by atoms with Gasteiger partial charge in [-0.15, -0.1) is 0 Å². The molecule has 0 fully saturated rings. The van der Waals surface area contributed by atoms with Crippen molar-refractivity contribution in [1.29, 1.82) is 0 Å². The van der Waals surface area contributed by atoms with Crippen molar-refractivity contribution in [3.8, 4) is 16.9 Å². The van der Waals surface area contributed by atoms with Crippen LogP contribution in [-0.2, 0) is 5.41 Å². The SMILES string of the molecule is COc1c(-c2ccc(C(C)(C)C)cc2)c1=O. The molecule has 0 unspecified atom stereocenters. The van der Waals surface area contributed by atoms with Crippen LogP contribution in [0.5, 0.6) is 5.75 Å². The van der Waals surface area contributed by atoms with Crippen molar-refractivity contribution in [3.63, 3.8) is 0 Å². The van der Waals surface area contributed by atoms with Crippen molar-refractivity contribution < 1.29 is 4.74 Å². The quantitative estimate of drug-likeness (QED) is 0.771. The highest BCUT2D eigenvalue weighted by atomic mass is 16.5. The lowest BCUT2D eigenvalue weighted by molar-refractivity contribution is 0.426. The molecule has 0 radical (unpaired) electrons. The van der Waals surface area contributed by atoms with Gasteiger partial charge in [-0.2, -0.15) is 0 Å². The maximum Gasteiger partial charge on any atom is 0.232 e. The molecule has 0 saturated heterocycles. The van der Waals surface area contributed by atoms with Crippen molar-refractivity contribution in [3.05, 3.63) is 40.1 Å². The second-order valence-electron chi connectivity index (χ2n) is 5.06. The molecule has 0 aliphatic carbocycles. The molecular weight excluding hydrogens is 200 g/mol. The van der Waals surface area contributed by atoms with Crippen molar-refractivity contribution in [2.75, 3.05) is 7.11 Å². The van der Waals surface area contributed by atoms with Crippen LogP contribution in [0, 0.1) is 0 Å². The summed E-state index contributed by atoms with van der Waals surface area (Å²) < 4.78 is 4.97. The summed E-state index contributed by atoms with van der Waals surface area (Å²) in [5, 5.41) is 0. The Hall–Kier alpha value is -1.57. The monoisotopic (exact) mass is 216 g/mol. The van der Waals surface area contributed by atoms with Gasteiger partial charge in [0.05, 0.1) is 12.7 Å². The number of ether oxygens (including phenoxy) is 1. The first-order chi connectivity index (χ1) is 7.45. The van der Waals surface area contributed by atoms with Crippen LogP contribution in [0.4, 0.5) is 0 Å². The van der Waals surface area contributed by atoms with Crippen molar-refractivity contribution in [2.24, 2.45) is 0 Å². The van der Waals surface area contributed by atoms with Gasteiger partial charge in [0.25, 0.3) is 0 Å². The molecule has 0 atom stereocenters. The van der Waals surface area contributed by atoms with Gasteiger partial charge in [-0.1, -0.05) is 45.0 Å². The molecule has 2 aromatic rings.